The number of rotatable bonds is 9. The van der Waals surface area contributed by atoms with E-state index < -0.39 is 23.9 Å². The average molecular weight is 493 g/mol. The number of carbonyl (C=O) groups is 1. The van der Waals surface area contributed by atoms with Crippen molar-refractivity contribution in [2.45, 2.75) is 25.1 Å². The number of nitrogens with two attached hydrogens (primary N) is 1. The van der Waals surface area contributed by atoms with E-state index in [0.29, 0.717) is 31.7 Å². The van der Waals surface area contributed by atoms with Crippen molar-refractivity contribution in [2.24, 2.45) is 5.73 Å². The Labute approximate surface area is 208 Å². The molecule has 2 amide bonds. The lowest BCUT2D eigenvalue weighted by Gasteiger charge is -2.25. The summed E-state index contributed by atoms with van der Waals surface area (Å²) in [4.78, 5) is 13.8. The molecule has 0 aromatic heterocycles. The van der Waals surface area contributed by atoms with Gasteiger partial charge in [0.15, 0.2) is 0 Å². The summed E-state index contributed by atoms with van der Waals surface area (Å²) < 4.78 is 44.8. The molecule has 7 heteroatoms. The fraction of sp³-hybridized carbons (Fsp3) is 0.207. The first kappa shape index (κ1) is 25.1. The fourth-order valence-corrected chi connectivity index (χ4v) is 4.22. The number of alkyl halides is 3. The standard InChI is InChI=1S/C29H27F3N2O2/c30-29(31,32)24-13-15-25(16-14-24)36-27(23-8-2-1-3-9-23)18-20-34(28(33)35)19-17-22-11-6-10-21-7-4-5-12-26(21)22/h1-16,27H,17-20H2,(H2,33,35)/t27-/m0/s1. The maximum Gasteiger partial charge on any atom is 0.416 e. The van der Waals surface area contributed by atoms with E-state index in [-0.39, 0.29) is 0 Å². The van der Waals surface area contributed by atoms with Gasteiger partial charge in [0.25, 0.3) is 0 Å². The molecular weight excluding hydrogens is 465 g/mol. The van der Waals surface area contributed by atoms with E-state index in [4.69, 9.17) is 10.5 Å². The lowest BCUT2D eigenvalue weighted by atomic mass is 10.0. The van der Waals surface area contributed by atoms with Crippen LogP contribution in [-0.4, -0.2) is 24.0 Å². The Kier molecular flexibility index (Phi) is 7.78. The summed E-state index contributed by atoms with van der Waals surface area (Å²) in [6.07, 6.45) is -3.82. The summed E-state index contributed by atoms with van der Waals surface area (Å²) in [5.74, 6) is 0.318. The van der Waals surface area contributed by atoms with Crippen molar-refractivity contribution in [3.8, 4) is 5.75 Å². The molecule has 4 nitrogen and oxygen atoms in total. The van der Waals surface area contributed by atoms with Crippen LogP contribution in [0.2, 0.25) is 0 Å². The molecule has 0 aliphatic rings. The number of primary amides is 1. The molecule has 0 aliphatic carbocycles. The lowest BCUT2D eigenvalue weighted by molar-refractivity contribution is -0.137. The minimum Gasteiger partial charge on any atom is -0.486 e. The molecule has 186 valence electrons. The Bertz CT molecular complexity index is 1290. The number of ether oxygens (including phenoxy) is 1. The van der Waals surface area contributed by atoms with Crippen LogP contribution in [0.4, 0.5) is 18.0 Å². The molecule has 0 radical (unpaired) electrons. The summed E-state index contributed by atoms with van der Waals surface area (Å²) in [7, 11) is 0. The molecule has 1 atom stereocenters. The Morgan fingerprint density at radius 3 is 2.19 bits per heavy atom. The van der Waals surface area contributed by atoms with E-state index >= 15 is 0 Å². The number of benzene rings is 4. The number of carbonyl (C=O) groups excluding carboxylic acids is 1. The summed E-state index contributed by atoms with van der Waals surface area (Å²) in [6.45, 7) is 0.769. The van der Waals surface area contributed by atoms with Crippen LogP contribution in [-0.2, 0) is 12.6 Å². The number of nitrogens with zero attached hydrogens (tertiary/aromatic N) is 1. The minimum absolute atomic E-state index is 0.318. The van der Waals surface area contributed by atoms with Crippen LogP contribution in [0, 0.1) is 0 Å². The van der Waals surface area contributed by atoms with Crippen LogP contribution in [0.3, 0.4) is 0 Å². The van der Waals surface area contributed by atoms with Crippen molar-refractivity contribution in [3.63, 3.8) is 0 Å². The van der Waals surface area contributed by atoms with E-state index in [0.717, 1.165) is 34.0 Å². The monoisotopic (exact) mass is 492 g/mol. The van der Waals surface area contributed by atoms with Crippen molar-refractivity contribution >= 4 is 16.8 Å². The van der Waals surface area contributed by atoms with Gasteiger partial charge in [0.1, 0.15) is 11.9 Å². The first-order chi connectivity index (χ1) is 17.3. The fourth-order valence-electron chi connectivity index (χ4n) is 4.22. The quantitative estimate of drug-likeness (QED) is 0.274. The normalized spacial score (nSPS) is 12.3. The predicted molar refractivity (Wildman–Crippen MR) is 135 cm³/mol. The second-order valence-electron chi connectivity index (χ2n) is 8.54. The SMILES string of the molecule is NC(=O)N(CCc1cccc2ccccc12)CC[C@H](Oc1ccc(C(F)(F)F)cc1)c1ccccc1. The van der Waals surface area contributed by atoms with Crippen molar-refractivity contribution in [1.29, 1.82) is 0 Å². The van der Waals surface area contributed by atoms with Crippen molar-refractivity contribution in [3.05, 3.63) is 114 Å². The third-order valence-electron chi connectivity index (χ3n) is 6.14. The topological polar surface area (TPSA) is 55.6 Å². The number of halogens is 3. The van der Waals surface area contributed by atoms with E-state index in [1.807, 2.05) is 66.7 Å². The zero-order valence-electron chi connectivity index (χ0n) is 19.6. The zero-order chi connectivity index (χ0) is 25.5. The average Bonchev–Trinajstić information content (AvgIpc) is 2.88. The van der Waals surface area contributed by atoms with Crippen LogP contribution >= 0.6 is 0 Å². The second kappa shape index (κ2) is 11.2. The van der Waals surface area contributed by atoms with E-state index in [1.165, 1.54) is 12.1 Å². The van der Waals surface area contributed by atoms with Crippen molar-refractivity contribution in [2.75, 3.05) is 13.1 Å². The number of hydrogen-bond donors (Lipinski definition) is 1. The first-order valence-corrected chi connectivity index (χ1v) is 11.7. The number of urea groups is 1. The van der Waals surface area contributed by atoms with Crippen molar-refractivity contribution < 1.29 is 22.7 Å². The van der Waals surface area contributed by atoms with Gasteiger partial charge < -0.3 is 15.4 Å². The molecule has 0 saturated heterocycles. The third kappa shape index (κ3) is 6.36. The summed E-state index contributed by atoms with van der Waals surface area (Å²) >= 11 is 0. The molecule has 0 heterocycles. The minimum atomic E-state index is -4.41. The smallest absolute Gasteiger partial charge is 0.416 e. The summed E-state index contributed by atoms with van der Waals surface area (Å²) in [6, 6.07) is 27.6. The molecular formula is C29H27F3N2O2. The largest absolute Gasteiger partial charge is 0.486 e. The highest BCUT2D eigenvalue weighted by Gasteiger charge is 2.30. The van der Waals surface area contributed by atoms with Gasteiger partial charge in [0, 0.05) is 19.5 Å². The molecule has 0 aliphatic heterocycles. The van der Waals surface area contributed by atoms with Gasteiger partial charge in [-0.3, -0.25) is 0 Å². The lowest BCUT2D eigenvalue weighted by Crippen LogP contribution is -2.38. The molecule has 0 fully saturated rings. The molecule has 36 heavy (non-hydrogen) atoms. The first-order valence-electron chi connectivity index (χ1n) is 11.7. The van der Waals surface area contributed by atoms with Gasteiger partial charge in [-0.05, 0) is 52.6 Å². The molecule has 0 unspecified atom stereocenters. The second-order valence-corrected chi connectivity index (χ2v) is 8.54. The Morgan fingerprint density at radius 2 is 1.50 bits per heavy atom. The number of hydrogen-bond acceptors (Lipinski definition) is 2. The Morgan fingerprint density at radius 1 is 0.833 bits per heavy atom. The predicted octanol–water partition coefficient (Wildman–Crippen LogP) is 6.99. The van der Waals surface area contributed by atoms with Gasteiger partial charge in [-0.15, -0.1) is 0 Å². The highest BCUT2D eigenvalue weighted by Crippen LogP contribution is 2.32. The molecule has 4 aromatic carbocycles. The van der Waals surface area contributed by atoms with E-state index in [9.17, 15) is 18.0 Å². The van der Waals surface area contributed by atoms with Gasteiger partial charge in [0.05, 0.1) is 5.56 Å². The molecule has 2 N–H and O–H groups in total. The van der Waals surface area contributed by atoms with Gasteiger partial charge in [0.2, 0.25) is 0 Å². The van der Waals surface area contributed by atoms with Crippen LogP contribution in [0.1, 0.15) is 29.2 Å². The Balaban J connectivity index is 1.46. The van der Waals surface area contributed by atoms with Crippen molar-refractivity contribution in [1.82, 2.24) is 4.90 Å². The van der Waals surface area contributed by atoms with Gasteiger partial charge in [-0.1, -0.05) is 72.8 Å². The highest BCUT2D eigenvalue weighted by atomic mass is 19.4. The van der Waals surface area contributed by atoms with E-state index in [1.54, 1.807) is 4.90 Å². The maximum atomic E-state index is 12.9. The summed E-state index contributed by atoms with van der Waals surface area (Å²) in [5, 5.41) is 2.27. The van der Waals surface area contributed by atoms with E-state index in [2.05, 4.69) is 6.07 Å². The molecule has 0 bridgehead atoms. The zero-order valence-corrected chi connectivity index (χ0v) is 19.6. The van der Waals surface area contributed by atoms with Gasteiger partial charge in [-0.2, -0.15) is 13.2 Å². The number of fused-ring (bicyclic) bond motifs is 1. The van der Waals surface area contributed by atoms with Gasteiger partial charge in [-0.25, -0.2) is 4.79 Å². The molecule has 0 saturated carbocycles. The van der Waals surface area contributed by atoms with Crippen LogP contribution in [0.25, 0.3) is 10.8 Å². The molecule has 0 spiro atoms. The van der Waals surface area contributed by atoms with Crippen LogP contribution in [0.5, 0.6) is 5.75 Å². The third-order valence-corrected chi connectivity index (χ3v) is 6.14. The van der Waals surface area contributed by atoms with Crippen LogP contribution < -0.4 is 10.5 Å². The summed E-state index contributed by atoms with van der Waals surface area (Å²) in [5.41, 5.74) is 6.93. The molecule has 4 rings (SSSR count). The number of amides is 2. The maximum absolute atomic E-state index is 12.9. The highest BCUT2D eigenvalue weighted by molar-refractivity contribution is 5.85. The molecule has 4 aromatic rings. The van der Waals surface area contributed by atoms with Crippen LogP contribution in [0.15, 0.2) is 97.1 Å². The van der Waals surface area contributed by atoms with Gasteiger partial charge >= 0.3 is 12.2 Å². The Hall–Kier alpha value is -4.00.